The summed E-state index contributed by atoms with van der Waals surface area (Å²) in [4.78, 5) is 36.7. The largest absolute Gasteiger partial charge is 0.505 e. The Morgan fingerprint density at radius 2 is 1.70 bits per heavy atom. The predicted molar refractivity (Wildman–Crippen MR) is 125 cm³/mol. The zero-order valence-electron chi connectivity index (χ0n) is 16.5. The molecule has 0 aliphatic carbocycles. The van der Waals surface area contributed by atoms with E-state index >= 15 is 0 Å². The van der Waals surface area contributed by atoms with Crippen LogP contribution in [-0.4, -0.2) is 30.4 Å². The molecule has 2 aromatic carbocycles. The third-order valence-electron chi connectivity index (χ3n) is 4.63. The number of thiophene rings is 1. The molecule has 0 saturated carbocycles. The van der Waals surface area contributed by atoms with E-state index in [4.69, 9.17) is 11.6 Å². The number of halogens is 1. The zero-order valence-corrected chi connectivity index (χ0v) is 18.9. The molecular formula is C21H14ClN3O6S2. The fraction of sp³-hybridized carbons (Fsp3) is 0. The molecular weight excluding hydrogens is 490 g/mol. The molecule has 4 rings (SSSR count). The van der Waals surface area contributed by atoms with Crippen LogP contribution in [0, 0.1) is 0 Å². The van der Waals surface area contributed by atoms with Crippen LogP contribution < -0.4 is 15.6 Å². The van der Waals surface area contributed by atoms with Crippen molar-refractivity contribution in [3.05, 3.63) is 81.0 Å². The van der Waals surface area contributed by atoms with E-state index in [0.29, 0.717) is 6.29 Å². The van der Waals surface area contributed by atoms with Gasteiger partial charge in [-0.2, -0.15) is 0 Å². The lowest BCUT2D eigenvalue weighted by molar-refractivity contribution is 0.111. The van der Waals surface area contributed by atoms with Gasteiger partial charge < -0.3 is 10.4 Å². The van der Waals surface area contributed by atoms with E-state index in [9.17, 15) is 27.9 Å². The number of pyridine rings is 1. The van der Waals surface area contributed by atoms with Crippen LogP contribution in [0.25, 0.3) is 16.5 Å². The number of anilines is 1. The van der Waals surface area contributed by atoms with Crippen molar-refractivity contribution in [3.63, 3.8) is 0 Å². The average molecular weight is 504 g/mol. The Morgan fingerprint density at radius 1 is 1.03 bits per heavy atom. The van der Waals surface area contributed by atoms with E-state index in [1.807, 2.05) is 4.72 Å². The number of rotatable bonds is 5. The highest BCUT2D eigenvalue weighted by atomic mass is 35.5. The average Bonchev–Trinajstić information content (AvgIpc) is 3.24. The second-order valence-corrected chi connectivity index (χ2v) is 10.3. The number of aldehydes is 1. The second kappa shape index (κ2) is 8.70. The first kappa shape index (κ1) is 22.5. The van der Waals surface area contributed by atoms with Gasteiger partial charge in [0.2, 0.25) is 0 Å². The van der Waals surface area contributed by atoms with Gasteiger partial charge in [0.05, 0.1) is 9.72 Å². The summed E-state index contributed by atoms with van der Waals surface area (Å²) >= 11 is 6.54. The molecule has 0 aliphatic heterocycles. The lowest BCUT2D eigenvalue weighted by Crippen LogP contribution is -2.33. The molecule has 0 aliphatic rings. The van der Waals surface area contributed by atoms with E-state index in [1.54, 1.807) is 12.1 Å². The predicted octanol–water partition coefficient (Wildman–Crippen LogP) is 3.73. The van der Waals surface area contributed by atoms with Gasteiger partial charge in [0.15, 0.2) is 12.0 Å². The molecule has 0 spiro atoms. The van der Waals surface area contributed by atoms with Crippen LogP contribution in [0.15, 0.2) is 69.7 Å². The molecule has 2 heterocycles. The maximum atomic E-state index is 13.0. The van der Waals surface area contributed by atoms with Crippen molar-refractivity contribution in [1.82, 2.24) is 9.29 Å². The number of benzene rings is 2. The molecule has 0 radical (unpaired) electrons. The zero-order chi connectivity index (χ0) is 23.8. The molecule has 2 amide bonds. The second-order valence-electron chi connectivity index (χ2n) is 6.70. The van der Waals surface area contributed by atoms with Gasteiger partial charge >= 0.3 is 6.03 Å². The van der Waals surface area contributed by atoms with E-state index in [2.05, 4.69) is 5.32 Å². The molecule has 0 bridgehead atoms. The summed E-state index contributed by atoms with van der Waals surface area (Å²) in [7, 11) is -4.09. The monoisotopic (exact) mass is 503 g/mol. The molecule has 12 heteroatoms. The number of hydrogen-bond acceptors (Lipinski definition) is 7. The van der Waals surface area contributed by atoms with Crippen molar-refractivity contribution in [2.45, 2.75) is 4.21 Å². The van der Waals surface area contributed by atoms with Gasteiger partial charge in [0.25, 0.3) is 15.6 Å². The number of aromatic nitrogens is 1. The number of fused-ring (bicyclic) bond motifs is 1. The van der Waals surface area contributed by atoms with Crippen molar-refractivity contribution >= 4 is 61.7 Å². The molecule has 3 N–H and O–H groups in total. The van der Waals surface area contributed by atoms with Crippen molar-refractivity contribution in [3.8, 4) is 11.4 Å². The number of amides is 2. The van der Waals surface area contributed by atoms with Gasteiger partial charge in [-0.25, -0.2) is 17.9 Å². The standard InChI is InChI=1S/C21H14ClN3O6S2/c22-17-9-10-18(32-17)33(30,31)24-21(29)23-12-5-7-13(8-6-12)25-16(11-26)19(27)14-3-1-2-4-15(14)20(25)28/h1-11,27H,(H2,23,24,29). The molecule has 0 atom stereocenters. The molecule has 0 saturated heterocycles. The van der Waals surface area contributed by atoms with Crippen molar-refractivity contribution in [2.75, 3.05) is 5.32 Å². The highest BCUT2D eigenvalue weighted by Crippen LogP contribution is 2.28. The highest BCUT2D eigenvalue weighted by molar-refractivity contribution is 7.92. The van der Waals surface area contributed by atoms with Gasteiger partial charge in [0, 0.05) is 16.8 Å². The van der Waals surface area contributed by atoms with Gasteiger partial charge in [0.1, 0.15) is 9.90 Å². The fourth-order valence-electron chi connectivity index (χ4n) is 3.18. The topological polar surface area (TPSA) is 135 Å². The first-order valence-electron chi connectivity index (χ1n) is 9.23. The number of aromatic hydroxyl groups is 1. The molecule has 4 aromatic rings. The Kier molecular flexibility index (Phi) is 5.93. The molecule has 9 nitrogen and oxygen atoms in total. The third kappa shape index (κ3) is 4.33. The maximum absolute atomic E-state index is 13.0. The minimum atomic E-state index is -4.09. The van der Waals surface area contributed by atoms with E-state index < -0.39 is 21.6 Å². The number of carbonyl (C=O) groups is 2. The Bertz CT molecular complexity index is 1560. The number of urea groups is 1. The number of nitrogens with zero attached hydrogens (tertiary/aromatic N) is 1. The molecule has 2 aromatic heterocycles. The Labute approximate surface area is 195 Å². The van der Waals surface area contributed by atoms with Crippen molar-refractivity contribution in [1.29, 1.82) is 0 Å². The summed E-state index contributed by atoms with van der Waals surface area (Å²) in [5.74, 6) is -0.333. The lowest BCUT2D eigenvalue weighted by Gasteiger charge is -2.14. The van der Waals surface area contributed by atoms with Gasteiger partial charge in [-0.3, -0.25) is 14.2 Å². The summed E-state index contributed by atoms with van der Waals surface area (Å²) < 4.78 is 27.5. The molecule has 0 unspecified atom stereocenters. The summed E-state index contributed by atoms with van der Waals surface area (Å²) in [5, 5.41) is 13.3. The number of hydrogen-bond donors (Lipinski definition) is 3. The quantitative estimate of drug-likeness (QED) is 0.355. The first-order chi connectivity index (χ1) is 15.7. The van der Waals surface area contributed by atoms with Crippen LogP contribution in [0.4, 0.5) is 10.5 Å². The van der Waals surface area contributed by atoms with E-state index in [-0.39, 0.29) is 42.1 Å². The van der Waals surface area contributed by atoms with Crippen LogP contribution in [0.3, 0.4) is 0 Å². The molecule has 0 fully saturated rings. The molecule has 33 heavy (non-hydrogen) atoms. The SMILES string of the molecule is O=Cc1c(O)c2ccccc2c(=O)n1-c1ccc(NC(=O)NS(=O)(=O)c2ccc(Cl)s2)cc1. The van der Waals surface area contributed by atoms with Crippen LogP contribution in [0.5, 0.6) is 5.75 Å². The number of carbonyl (C=O) groups excluding carboxylic acids is 2. The minimum Gasteiger partial charge on any atom is -0.505 e. The normalized spacial score (nSPS) is 11.3. The number of nitrogens with one attached hydrogen (secondary N) is 2. The summed E-state index contributed by atoms with van der Waals surface area (Å²) in [6.45, 7) is 0. The Balaban J connectivity index is 1.61. The van der Waals surface area contributed by atoms with Crippen molar-refractivity contribution in [2.24, 2.45) is 0 Å². The fourth-order valence-corrected chi connectivity index (χ4v) is 5.57. The third-order valence-corrected chi connectivity index (χ3v) is 7.69. The smallest absolute Gasteiger partial charge is 0.333 e. The van der Waals surface area contributed by atoms with Gasteiger partial charge in [-0.05, 0) is 42.5 Å². The van der Waals surface area contributed by atoms with Crippen LogP contribution >= 0.6 is 22.9 Å². The van der Waals surface area contributed by atoms with Crippen LogP contribution in [0.2, 0.25) is 4.34 Å². The van der Waals surface area contributed by atoms with E-state index in [1.165, 1.54) is 48.5 Å². The molecule has 168 valence electrons. The summed E-state index contributed by atoms with van der Waals surface area (Å²) in [5.41, 5.74) is -0.251. The Morgan fingerprint density at radius 3 is 2.30 bits per heavy atom. The highest BCUT2D eigenvalue weighted by Gasteiger charge is 2.20. The minimum absolute atomic E-state index is 0.116. The van der Waals surface area contributed by atoms with Gasteiger partial charge in [-0.15, -0.1) is 11.3 Å². The van der Waals surface area contributed by atoms with Gasteiger partial charge in [-0.1, -0.05) is 29.8 Å². The summed E-state index contributed by atoms with van der Waals surface area (Å²) in [6.07, 6.45) is 0.379. The van der Waals surface area contributed by atoms with E-state index in [0.717, 1.165) is 15.9 Å². The first-order valence-corrected chi connectivity index (χ1v) is 11.9. The van der Waals surface area contributed by atoms with Crippen LogP contribution in [0.1, 0.15) is 10.5 Å². The summed E-state index contributed by atoms with van der Waals surface area (Å²) in [6, 6.07) is 13.7. The Hall–Kier alpha value is -3.67. The maximum Gasteiger partial charge on any atom is 0.333 e. The van der Waals surface area contributed by atoms with Crippen LogP contribution in [-0.2, 0) is 10.0 Å². The van der Waals surface area contributed by atoms with Crippen molar-refractivity contribution < 1.29 is 23.1 Å². The lowest BCUT2D eigenvalue weighted by atomic mass is 10.1. The number of sulfonamides is 1.